The third kappa shape index (κ3) is 4.94. The van der Waals surface area contributed by atoms with Gasteiger partial charge in [0, 0.05) is 12.5 Å². The second-order valence-corrected chi connectivity index (χ2v) is 11.4. The number of fused-ring (bicyclic) bond motifs is 1. The zero-order valence-corrected chi connectivity index (χ0v) is 18.5. The number of hydrogen-bond donors (Lipinski definition) is 2. The highest BCUT2D eigenvalue weighted by atomic mass is 32.2. The van der Waals surface area contributed by atoms with E-state index in [2.05, 4.69) is 5.32 Å². The van der Waals surface area contributed by atoms with Crippen molar-refractivity contribution in [2.75, 3.05) is 11.5 Å². The van der Waals surface area contributed by atoms with Gasteiger partial charge in [-0.05, 0) is 43.0 Å². The fourth-order valence-electron chi connectivity index (χ4n) is 3.93. The van der Waals surface area contributed by atoms with Crippen LogP contribution in [0.2, 0.25) is 0 Å². The zero-order valence-electron chi connectivity index (χ0n) is 16.9. The summed E-state index contributed by atoms with van der Waals surface area (Å²) >= 11 is 1.47. The van der Waals surface area contributed by atoms with Crippen LogP contribution < -0.4 is 11.1 Å². The lowest BCUT2D eigenvalue weighted by molar-refractivity contribution is -0.123. The molecule has 0 saturated carbocycles. The number of halogens is 1. The second kappa shape index (κ2) is 8.64. The van der Waals surface area contributed by atoms with Crippen LogP contribution in [0.25, 0.3) is 10.2 Å². The summed E-state index contributed by atoms with van der Waals surface area (Å²) in [4.78, 5) is 17.6. The van der Waals surface area contributed by atoms with E-state index in [0.29, 0.717) is 10.6 Å². The smallest absolute Gasteiger partial charge is 0.222 e. The molecule has 1 aromatic heterocycles. The van der Waals surface area contributed by atoms with Gasteiger partial charge in [-0.15, -0.1) is 11.3 Å². The SMILES string of the molecule is N[C@@H](CC(=O)NC1(c2nc3ccccc3s2)CCS(=O)(=O)CC1)Cc1ccccc1F. The van der Waals surface area contributed by atoms with Gasteiger partial charge in [-0.2, -0.15) is 0 Å². The maximum atomic E-state index is 13.9. The van der Waals surface area contributed by atoms with Crippen molar-refractivity contribution in [2.24, 2.45) is 5.73 Å². The van der Waals surface area contributed by atoms with E-state index in [0.717, 1.165) is 10.2 Å². The van der Waals surface area contributed by atoms with Crippen LogP contribution >= 0.6 is 11.3 Å². The lowest BCUT2D eigenvalue weighted by Gasteiger charge is -2.36. The molecule has 1 aliphatic rings. The first-order valence-electron chi connectivity index (χ1n) is 10.1. The first-order chi connectivity index (χ1) is 14.8. The fraction of sp³-hybridized carbons (Fsp3) is 0.364. The van der Waals surface area contributed by atoms with Crippen molar-refractivity contribution in [1.29, 1.82) is 0 Å². The first-order valence-corrected chi connectivity index (χ1v) is 12.8. The second-order valence-electron chi connectivity index (χ2n) is 8.03. The zero-order chi connectivity index (χ0) is 22.1. The topological polar surface area (TPSA) is 102 Å². The fourth-order valence-corrected chi connectivity index (χ4v) is 6.62. The number of sulfone groups is 1. The Kier molecular flexibility index (Phi) is 6.09. The molecule has 0 bridgehead atoms. The Morgan fingerprint density at radius 2 is 1.84 bits per heavy atom. The van der Waals surface area contributed by atoms with Crippen molar-refractivity contribution in [2.45, 2.75) is 37.3 Å². The van der Waals surface area contributed by atoms with Gasteiger partial charge < -0.3 is 11.1 Å². The Morgan fingerprint density at radius 1 is 1.16 bits per heavy atom. The van der Waals surface area contributed by atoms with Crippen LogP contribution in [0, 0.1) is 5.82 Å². The quantitative estimate of drug-likeness (QED) is 0.588. The minimum atomic E-state index is -3.14. The number of nitrogens with one attached hydrogen (secondary N) is 1. The maximum absolute atomic E-state index is 13.9. The molecule has 0 spiro atoms. The van der Waals surface area contributed by atoms with Crippen molar-refractivity contribution in [3.05, 3.63) is 64.9 Å². The van der Waals surface area contributed by atoms with E-state index in [1.807, 2.05) is 24.3 Å². The lowest BCUT2D eigenvalue weighted by atomic mass is 9.92. The van der Waals surface area contributed by atoms with Gasteiger partial charge in [0.2, 0.25) is 5.91 Å². The number of aromatic nitrogens is 1. The molecule has 1 fully saturated rings. The molecule has 1 atom stereocenters. The number of carbonyl (C=O) groups is 1. The molecule has 6 nitrogen and oxygen atoms in total. The molecule has 4 rings (SSSR count). The van der Waals surface area contributed by atoms with E-state index in [1.54, 1.807) is 18.2 Å². The van der Waals surface area contributed by atoms with Crippen LogP contribution in [-0.2, 0) is 26.6 Å². The monoisotopic (exact) mass is 461 g/mol. The standard InChI is InChI=1S/C22H24FN3O3S2/c23-17-6-2-1-5-15(17)13-16(24)14-20(27)26-22(9-11-31(28,29)12-10-22)21-25-18-7-3-4-8-19(18)30-21/h1-8,16H,9-14,24H2,(H,26,27)/t16-/m1/s1. The summed E-state index contributed by atoms with van der Waals surface area (Å²) in [5.74, 6) is -0.654. The van der Waals surface area contributed by atoms with Gasteiger partial charge in [0.05, 0.1) is 27.3 Å². The van der Waals surface area contributed by atoms with Crippen molar-refractivity contribution >= 4 is 37.3 Å². The molecule has 3 N–H and O–H groups in total. The van der Waals surface area contributed by atoms with Gasteiger partial charge in [0.25, 0.3) is 0 Å². The van der Waals surface area contributed by atoms with Crippen LogP contribution in [0.5, 0.6) is 0 Å². The third-order valence-corrected chi connectivity index (χ3v) is 8.54. The predicted molar refractivity (Wildman–Crippen MR) is 120 cm³/mol. The molecule has 1 aliphatic heterocycles. The predicted octanol–water partition coefficient (Wildman–Crippen LogP) is 2.92. The molecule has 1 amide bonds. The molecule has 2 heterocycles. The molecule has 164 valence electrons. The minimum Gasteiger partial charge on any atom is -0.344 e. The van der Waals surface area contributed by atoms with Crippen molar-refractivity contribution < 1.29 is 17.6 Å². The molecule has 0 unspecified atom stereocenters. The molecule has 9 heteroatoms. The summed E-state index contributed by atoms with van der Waals surface area (Å²) in [7, 11) is -3.14. The van der Waals surface area contributed by atoms with Crippen LogP contribution in [-0.4, -0.2) is 36.9 Å². The van der Waals surface area contributed by atoms with Gasteiger partial charge in [-0.1, -0.05) is 30.3 Å². The molecule has 2 aromatic carbocycles. The normalized spacial score (nSPS) is 18.5. The number of amides is 1. The third-order valence-electron chi connectivity index (χ3n) is 5.65. The van der Waals surface area contributed by atoms with E-state index in [1.165, 1.54) is 17.4 Å². The number of para-hydroxylation sites is 1. The van der Waals surface area contributed by atoms with Crippen LogP contribution in [0.1, 0.15) is 29.8 Å². The summed E-state index contributed by atoms with van der Waals surface area (Å²) in [5, 5.41) is 3.76. The highest BCUT2D eigenvalue weighted by molar-refractivity contribution is 7.91. The lowest BCUT2D eigenvalue weighted by Crippen LogP contribution is -2.51. The number of thiazole rings is 1. The Morgan fingerprint density at radius 3 is 2.55 bits per heavy atom. The number of rotatable bonds is 6. The Bertz CT molecular complexity index is 1160. The van der Waals surface area contributed by atoms with Crippen molar-refractivity contribution in [3.8, 4) is 0 Å². The van der Waals surface area contributed by atoms with Crippen molar-refractivity contribution in [1.82, 2.24) is 10.3 Å². The first kappa shape index (κ1) is 21.9. The van der Waals surface area contributed by atoms with Gasteiger partial charge in [-0.25, -0.2) is 17.8 Å². The largest absolute Gasteiger partial charge is 0.344 e. The van der Waals surface area contributed by atoms with E-state index in [-0.39, 0.29) is 48.9 Å². The summed E-state index contributed by atoms with van der Waals surface area (Å²) in [6.45, 7) is 0. The van der Waals surface area contributed by atoms with E-state index < -0.39 is 21.4 Å². The van der Waals surface area contributed by atoms with E-state index in [9.17, 15) is 17.6 Å². The Labute approximate surface area is 184 Å². The summed E-state index contributed by atoms with van der Waals surface area (Å²) in [5.41, 5.74) is 6.57. The van der Waals surface area contributed by atoms with Gasteiger partial charge in [-0.3, -0.25) is 4.79 Å². The highest BCUT2D eigenvalue weighted by Crippen LogP contribution is 2.38. The summed E-state index contributed by atoms with van der Waals surface area (Å²) < 4.78 is 39.0. The average molecular weight is 462 g/mol. The minimum absolute atomic E-state index is 0.00767. The summed E-state index contributed by atoms with van der Waals surface area (Å²) in [6.07, 6.45) is 0.781. The molecule has 0 radical (unpaired) electrons. The van der Waals surface area contributed by atoms with Gasteiger partial charge in [0.1, 0.15) is 10.8 Å². The highest BCUT2D eigenvalue weighted by Gasteiger charge is 2.42. The summed E-state index contributed by atoms with van der Waals surface area (Å²) in [6, 6.07) is 13.5. The number of nitrogens with zero attached hydrogens (tertiary/aromatic N) is 1. The van der Waals surface area contributed by atoms with Crippen LogP contribution in [0.4, 0.5) is 4.39 Å². The van der Waals surface area contributed by atoms with Gasteiger partial charge >= 0.3 is 0 Å². The Hall–Kier alpha value is -2.36. The maximum Gasteiger partial charge on any atom is 0.222 e. The van der Waals surface area contributed by atoms with E-state index in [4.69, 9.17) is 10.7 Å². The number of nitrogens with two attached hydrogens (primary N) is 1. The number of benzene rings is 2. The Balaban J connectivity index is 1.53. The van der Waals surface area contributed by atoms with Crippen LogP contribution in [0.15, 0.2) is 48.5 Å². The number of hydrogen-bond acceptors (Lipinski definition) is 6. The molecule has 3 aromatic rings. The molecular formula is C22H24FN3O3S2. The van der Waals surface area contributed by atoms with Crippen LogP contribution in [0.3, 0.4) is 0 Å². The van der Waals surface area contributed by atoms with Crippen molar-refractivity contribution in [3.63, 3.8) is 0 Å². The molecule has 0 aliphatic carbocycles. The number of carbonyl (C=O) groups excluding carboxylic acids is 1. The molecular weight excluding hydrogens is 437 g/mol. The van der Waals surface area contributed by atoms with E-state index >= 15 is 0 Å². The average Bonchev–Trinajstić information content (AvgIpc) is 3.16. The molecule has 1 saturated heterocycles. The van der Waals surface area contributed by atoms with Gasteiger partial charge in [0.15, 0.2) is 9.84 Å². The molecule has 31 heavy (non-hydrogen) atoms.